The van der Waals surface area contributed by atoms with E-state index in [9.17, 15) is 9.59 Å². The summed E-state index contributed by atoms with van der Waals surface area (Å²) in [6.45, 7) is 0.359. The summed E-state index contributed by atoms with van der Waals surface area (Å²) < 4.78 is 5.21. The number of ether oxygens (including phenoxy) is 1. The molecule has 23 heavy (non-hydrogen) atoms. The van der Waals surface area contributed by atoms with Crippen LogP contribution in [0.25, 0.3) is 0 Å². The van der Waals surface area contributed by atoms with Gasteiger partial charge >= 0.3 is 5.97 Å². The Morgan fingerprint density at radius 1 is 1.43 bits per heavy atom. The molecular weight excluding hydrogens is 320 g/mol. The van der Waals surface area contributed by atoms with E-state index in [-0.39, 0.29) is 12.3 Å². The maximum atomic E-state index is 11.9. The smallest absolute Gasteiger partial charge is 0.326 e. The number of amides is 1. The van der Waals surface area contributed by atoms with Crippen LogP contribution in [0.3, 0.4) is 0 Å². The largest absolute Gasteiger partial charge is 0.495 e. The van der Waals surface area contributed by atoms with Gasteiger partial charge in [0.25, 0.3) is 0 Å². The third kappa shape index (κ3) is 5.63. The first-order valence-electron chi connectivity index (χ1n) is 7.59. The lowest BCUT2D eigenvalue weighted by Gasteiger charge is -2.15. The fraction of sp³-hybridized carbons (Fsp3) is 0.500. The molecule has 1 aliphatic rings. The van der Waals surface area contributed by atoms with Crippen molar-refractivity contribution >= 4 is 29.2 Å². The summed E-state index contributed by atoms with van der Waals surface area (Å²) in [7, 11) is 1.55. The van der Waals surface area contributed by atoms with Crippen LogP contribution >= 0.6 is 11.6 Å². The lowest BCUT2D eigenvalue weighted by molar-refractivity contribution is -0.142. The second kappa shape index (κ2) is 8.06. The molecule has 1 atom stereocenters. The van der Waals surface area contributed by atoms with Crippen molar-refractivity contribution in [1.82, 2.24) is 5.32 Å². The number of methoxy groups -OCH3 is 1. The second-order valence-corrected chi connectivity index (χ2v) is 6.10. The van der Waals surface area contributed by atoms with E-state index in [1.165, 1.54) is 0 Å². The van der Waals surface area contributed by atoms with Crippen molar-refractivity contribution in [3.63, 3.8) is 0 Å². The van der Waals surface area contributed by atoms with Crippen LogP contribution < -0.4 is 15.4 Å². The number of nitrogens with one attached hydrogen (secondary N) is 2. The van der Waals surface area contributed by atoms with Crippen LogP contribution in [0, 0.1) is 5.92 Å². The van der Waals surface area contributed by atoms with Gasteiger partial charge in [-0.1, -0.05) is 24.4 Å². The number of carbonyl (C=O) groups excluding carboxylic acids is 1. The van der Waals surface area contributed by atoms with Gasteiger partial charge in [0.05, 0.1) is 12.8 Å². The fourth-order valence-electron chi connectivity index (χ4n) is 2.30. The van der Waals surface area contributed by atoms with Crippen LogP contribution in [-0.2, 0) is 9.59 Å². The van der Waals surface area contributed by atoms with Gasteiger partial charge in [0.1, 0.15) is 11.8 Å². The molecule has 1 unspecified atom stereocenters. The molecule has 0 heterocycles. The predicted molar refractivity (Wildman–Crippen MR) is 88.0 cm³/mol. The number of aliphatic carboxylic acids is 1. The summed E-state index contributed by atoms with van der Waals surface area (Å²) >= 11 is 5.93. The molecule has 0 saturated heterocycles. The Balaban J connectivity index is 1.79. The third-order valence-electron chi connectivity index (χ3n) is 3.73. The van der Waals surface area contributed by atoms with Gasteiger partial charge in [0.15, 0.2) is 0 Å². The van der Waals surface area contributed by atoms with Gasteiger partial charge in [-0.3, -0.25) is 4.79 Å². The zero-order valence-corrected chi connectivity index (χ0v) is 13.7. The summed E-state index contributed by atoms with van der Waals surface area (Å²) in [5.74, 6) is -0.196. The highest BCUT2D eigenvalue weighted by Crippen LogP contribution is 2.33. The van der Waals surface area contributed by atoms with Crippen LogP contribution in [0.5, 0.6) is 5.75 Å². The third-order valence-corrected chi connectivity index (χ3v) is 3.96. The van der Waals surface area contributed by atoms with Crippen molar-refractivity contribution in [2.24, 2.45) is 5.92 Å². The number of hydrogen-bond acceptors (Lipinski definition) is 4. The molecule has 0 aromatic heterocycles. The van der Waals surface area contributed by atoms with E-state index >= 15 is 0 Å². The number of carboxylic acid groups (broad SMARTS) is 1. The minimum atomic E-state index is -0.977. The van der Waals surface area contributed by atoms with E-state index in [0.29, 0.717) is 35.3 Å². The Kier molecular flexibility index (Phi) is 6.10. The van der Waals surface area contributed by atoms with Gasteiger partial charge in [-0.2, -0.15) is 0 Å². The fourth-order valence-corrected chi connectivity index (χ4v) is 2.48. The first-order chi connectivity index (χ1) is 11.0. The number of carbonyl (C=O) groups is 2. The maximum Gasteiger partial charge on any atom is 0.326 e. The van der Waals surface area contributed by atoms with Crippen molar-refractivity contribution in [3.05, 3.63) is 23.2 Å². The summed E-state index contributed by atoms with van der Waals surface area (Å²) in [4.78, 5) is 23.1. The van der Waals surface area contributed by atoms with E-state index in [1.54, 1.807) is 25.3 Å². The van der Waals surface area contributed by atoms with Crippen molar-refractivity contribution in [2.45, 2.75) is 31.7 Å². The Labute approximate surface area is 140 Å². The molecule has 1 amide bonds. The molecule has 1 saturated carbocycles. The lowest BCUT2D eigenvalue weighted by Crippen LogP contribution is -2.41. The molecule has 126 valence electrons. The van der Waals surface area contributed by atoms with Crippen LogP contribution in [-0.4, -0.2) is 36.7 Å². The monoisotopic (exact) mass is 340 g/mol. The van der Waals surface area contributed by atoms with Crippen LogP contribution in [0.15, 0.2) is 18.2 Å². The normalized spacial score (nSPS) is 14.9. The first-order valence-corrected chi connectivity index (χ1v) is 7.97. The van der Waals surface area contributed by atoms with Crippen molar-refractivity contribution in [3.8, 4) is 5.75 Å². The first kappa shape index (κ1) is 17.4. The molecule has 1 aliphatic carbocycles. The van der Waals surface area contributed by atoms with E-state index in [4.69, 9.17) is 21.4 Å². The highest BCUT2D eigenvalue weighted by Gasteiger charge is 2.29. The zero-order chi connectivity index (χ0) is 16.8. The van der Waals surface area contributed by atoms with Crippen LogP contribution in [0.1, 0.15) is 25.7 Å². The highest BCUT2D eigenvalue weighted by atomic mass is 35.5. The van der Waals surface area contributed by atoms with Crippen molar-refractivity contribution in [2.75, 3.05) is 19.0 Å². The SMILES string of the molecule is COc1ccc(Cl)cc1NCCC(=O)NC(CC1CC1)C(=O)O. The molecule has 0 bridgehead atoms. The Morgan fingerprint density at radius 3 is 2.78 bits per heavy atom. The summed E-state index contributed by atoms with van der Waals surface area (Å²) in [5.41, 5.74) is 0.695. The van der Waals surface area contributed by atoms with Crippen molar-refractivity contribution < 1.29 is 19.4 Å². The van der Waals surface area contributed by atoms with E-state index < -0.39 is 12.0 Å². The molecule has 1 aromatic carbocycles. The lowest BCUT2D eigenvalue weighted by atomic mass is 10.1. The maximum absolute atomic E-state index is 11.9. The van der Waals surface area contributed by atoms with Crippen molar-refractivity contribution in [1.29, 1.82) is 0 Å². The second-order valence-electron chi connectivity index (χ2n) is 5.66. The molecule has 0 radical (unpaired) electrons. The Bertz CT molecular complexity index is 575. The van der Waals surface area contributed by atoms with E-state index in [2.05, 4.69) is 10.6 Å². The molecule has 0 aliphatic heterocycles. The highest BCUT2D eigenvalue weighted by molar-refractivity contribution is 6.30. The molecule has 2 rings (SSSR count). The number of halogens is 1. The summed E-state index contributed by atoms with van der Waals surface area (Å²) in [6, 6.07) is 4.37. The number of rotatable bonds is 9. The van der Waals surface area contributed by atoms with Gasteiger partial charge < -0.3 is 20.5 Å². The minimum absolute atomic E-state index is 0.171. The number of carboxylic acids is 1. The molecule has 0 spiro atoms. The predicted octanol–water partition coefficient (Wildman–Crippen LogP) is 2.52. The molecule has 7 heteroatoms. The molecule has 1 fully saturated rings. The Hall–Kier alpha value is -1.95. The number of benzene rings is 1. The quantitative estimate of drug-likeness (QED) is 0.643. The van der Waals surface area contributed by atoms with Gasteiger partial charge in [-0.05, 0) is 30.5 Å². The van der Waals surface area contributed by atoms with Gasteiger partial charge in [-0.25, -0.2) is 4.79 Å². The summed E-state index contributed by atoms with van der Waals surface area (Å²) in [5, 5.41) is 15.4. The van der Waals surface area contributed by atoms with Crippen LogP contribution in [0.2, 0.25) is 5.02 Å². The Morgan fingerprint density at radius 2 is 2.17 bits per heavy atom. The molecule has 3 N–H and O–H groups in total. The standard InChI is InChI=1S/C16H21ClN2O4/c1-23-14-5-4-11(17)9-12(14)18-7-6-15(20)19-13(16(21)22)8-10-2-3-10/h4-5,9-10,13,18H,2-3,6-8H2,1H3,(H,19,20)(H,21,22). The zero-order valence-electron chi connectivity index (χ0n) is 13.0. The number of anilines is 1. The average molecular weight is 341 g/mol. The van der Waals surface area contributed by atoms with Gasteiger partial charge in [-0.15, -0.1) is 0 Å². The summed E-state index contributed by atoms with van der Waals surface area (Å²) in [6.07, 6.45) is 2.78. The molecule has 1 aromatic rings. The number of hydrogen-bond donors (Lipinski definition) is 3. The minimum Gasteiger partial charge on any atom is -0.495 e. The topological polar surface area (TPSA) is 87.7 Å². The van der Waals surface area contributed by atoms with E-state index in [0.717, 1.165) is 12.8 Å². The van der Waals surface area contributed by atoms with Gasteiger partial charge in [0, 0.05) is 18.0 Å². The van der Waals surface area contributed by atoms with Gasteiger partial charge in [0.2, 0.25) is 5.91 Å². The van der Waals surface area contributed by atoms with Crippen LogP contribution in [0.4, 0.5) is 5.69 Å². The van der Waals surface area contributed by atoms with E-state index in [1.807, 2.05) is 0 Å². The average Bonchev–Trinajstić information content (AvgIpc) is 3.31. The molecular formula is C16H21ClN2O4. The molecule has 6 nitrogen and oxygen atoms in total.